The van der Waals surface area contributed by atoms with E-state index in [0.717, 1.165) is 51.4 Å². The third-order valence-corrected chi connectivity index (χ3v) is 9.20. The van der Waals surface area contributed by atoms with Crippen LogP contribution in [0, 0.1) is 0 Å². The average Bonchev–Trinajstić information content (AvgIpc) is 3.13. The maximum atomic E-state index is 12.4. The molecule has 0 heterocycles. The van der Waals surface area contributed by atoms with Crippen molar-refractivity contribution >= 4 is 19.8 Å². The van der Waals surface area contributed by atoms with Gasteiger partial charge in [0.1, 0.15) is 6.61 Å². The van der Waals surface area contributed by atoms with E-state index in [1.54, 1.807) is 18.2 Å². The van der Waals surface area contributed by atoms with Crippen LogP contribution in [0.4, 0.5) is 0 Å². The Kier molecular flexibility index (Phi) is 36.0. The van der Waals surface area contributed by atoms with Crippen LogP contribution in [0.15, 0.2) is 60.8 Å². The number of esters is 2. The van der Waals surface area contributed by atoms with Crippen LogP contribution in [-0.4, -0.2) is 63.5 Å². The largest absolute Gasteiger partial charge is 0.469 e. The number of carbonyl (C=O) groups excluding carboxylic acids is 2. The Labute approximate surface area is 327 Å². The lowest BCUT2D eigenvalue weighted by molar-refractivity contribution is -0.161. The number of carbonyl (C=O) groups is 2. The van der Waals surface area contributed by atoms with Gasteiger partial charge in [0, 0.05) is 12.8 Å². The van der Waals surface area contributed by atoms with Gasteiger partial charge in [-0.1, -0.05) is 158 Å². The molecule has 0 rings (SSSR count). The summed E-state index contributed by atoms with van der Waals surface area (Å²) in [6.07, 6.45) is 40.1. The molecule has 0 spiro atoms. The summed E-state index contributed by atoms with van der Waals surface area (Å²) in [5.74, 6) is -1.12. The van der Waals surface area contributed by atoms with Gasteiger partial charge in [-0.2, -0.15) is 0 Å². The molecule has 54 heavy (non-hydrogen) atoms. The van der Waals surface area contributed by atoms with Crippen LogP contribution >= 0.6 is 7.82 Å². The van der Waals surface area contributed by atoms with Crippen molar-refractivity contribution < 1.29 is 48.2 Å². The number of hydrogen-bond acceptors (Lipinski definition) is 8. The second-order valence-corrected chi connectivity index (χ2v) is 15.2. The molecule has 0 saturated carbocycles. The van der Waals surface area contributed by atoms with Gasteiger partial charge in [0.25, 0.3) is 0 Å². The lowest BCUT2D eigenvalue weighted by atomic mass is 10.1. The number of rotatable bonds is 37. The van der Waals surface area contributed by atoms with Crippen LogP contribution in [0.1, 0.15) is 168 Å². The summed E-state index contributed by atoms with van der Waals surface area (Å²) >= 11 is 0. The number of aliphatic hydroxyl groups excluding tert-OH is 2. The fourth-order valence-electron chi connectivity index (χ4n) is 5.52. The standard InChI is InChI=1S/C43H75O10P/c1-3-5-7-8-9-10-11-12-13-14-15-16-17-18-22-25-29-35-43(47)53-41(38-52-54(48,49)50)37-51-42(46)36-30-34-40(45)33-28-24-21-19-20-23-27-32-39(44)31-26-6-4-2/h12-13,20-21,23-24,27-28,32-33,39-41,44-45H,3-11,14-19,22,25-26,29-31,34-38H2,1-2H3,(H2,48,49,50)/b13-12-,23-20-,24-21-,32-27+,33-28+/t39-,40-,41+/m0/s1. The van der Waals surface area contributed by atoms with Crippen LogP contribution in [-0.2, 0) is 28.2 Å². The Hall–Kier alpha value is -2.33. The number of phosphoric ester groups is 1. The van der Waals surface area contributed by atoms with Crippen molar-refractivity contribution in [1.29, 1.82) is 0 Å². The topological polar surface area (TPSA) is 160 Å². The first-order valence-electron chi connectivity index (χ1n) is 20.8. The summed E-state index contributed by atoms with van der Waals surface area (Å²) in [4.78, 5) is 42.8. The highest BCUT2D eigenvalue weighted by molar-refractivity contribution is 7.46. The van der Waals surface area contributed by atoms with Gasteiger partial charge in [-0.15, -0.1) is 0 Å². The third-order valence-electron chi connectivity index (χ3n) is 8.72. The Bertz CT molecular complexity index is 1090. The first-order chi connectivity index (χ1) is 26.1. The molecule has 312 valence electrons. The van der Waals surface area contributed by atoms with E-state index < -0.39 is 51.3 Å². The lowest BCUT2D eigenvalue weighted by Crippen LogP contribution is -2.29. The highest BCUT2D eigenvalue weighted by Gasteiger charge is 2.23. The number of allylic oxidation sites excluding steroid dienone is 8. The number of ether oxygens (including phenoxy) is 2. The Morgan fingerprint density at radius 1 is 0.574 bits per heavy atom. The van der Waals surface area contributed by atoms with Crippen molar-refractivity contribution in [3.8, 4) is 0 Å². The van der Waals surface area contributed by atoms with Crippen LogP contribution in [0.2, 0.25) is 0 Å². The SMILES string of the molecule is CCCCCCCC/C=C\CCCCCCCCCC(=O)O[C@H](COC(=O)CCC[C@@H](O)/C=C/C=C\C/C=C\C=C\[C@@H](O)CCCCC)COP(=O)(O)O. The van der Waals surface area contributed by atoms with E-state index in [1.165, 1.54) is 64.2 Å². The molecule has 0 aliphatic heterocycles. The van der Waals surface area contributed by atoms with Crippen molar-refractivity contribution in [3.05, 3.63) is 60.8 Å². The van der Waals surface area contributed by atoms with Crippen molar-refractivity contribution in [1.82, 2.24) is 0 Å². The normalized spacial score (nSPS) is 14.3. The van der Waals surface area contributed by atoms with Crippen LogP contribution in [0.3, 0.4) is 0 Å². The molecule has 0 aromatic rings. The predicted molar refractivity (Wildman–Crippen MR) is 219 cm³/mol. The van der Waals surface area contributed by atoms with E-state index in [-0.39, 0.29) is 12.8 Å². The van der Waals surface area contributed by atoms with E-state index in [9.17, 15) is 24.4 Å². The van der Waals surface area contributed by atoms with Crippen molar-refractivity contribution in [2.75, 3.05) is 13.2 Å². The molecule has 0 radical (unpaired) electrons. The summed E-state index contributed by atoms with van der Waals surface area (Å²) in [5, 5.41) is 20.0. The van der Waals surface area contributed by atoms with E-state index in [1.807, 2.05) is 30.4 Å². The van der Waals surface area contributed by atoms with Crippen molar-refractivity contribution in [2.45, 2.75) is 186 Å². The first-order valence-corrected chi connectivity index (χ1v) is 22.3. The molecule has 0 aliphatic carbocycles. The number of unbranched alkanes of at least 4 members (excludes halogenated alkanes) is 15. The number of phosphoric acid groups is 1. The molecule has 0 aromatic heterocycles. The van der Waals surface area contributed by atoms with E-state index in [0.29, 0.717) is 25.7 Å². The van der Waals surface area contributed by atoms with Gasteiger partial charge in [-0.3, -0.25) is 14.1 Å². The van der Waals surface area contributed by atoms with E-state index in [4.69, 9.17) is 19.3 Å². The minimum Gasteiger partial charge on any atom is -0.462 e. The highest BCUT2D eigenvalue weighted by atomic mass is 31.2. The highest BCUT2D eigenvalue weighted by Crippen LogP contribution is 2.36. The molecule has 0 unspecified atom stereocenters. The molecular weight excluding hydrogens is 707 g/mol. The molecule has 0 bridgehead atoms. The van der Waals surface area contributed by atoms with Gasteiger partial charge in [0.15, 0.2) is 6.10 Å². The van der Waals surface area contributed by atoms with Crippen LogP contribution in [0.5, 0.6) is 0 Å². The maximum absolute atomic E-state index is 12.4. The molecule has 0 aliphatic rings. The second kappa shape index (κ2) is 37.6. The summed E-state index contributed by atoms with van der Waals surface area (Å²) in [6.45, 7) is 3.38. The van der Waals surface area contributed by atoms with Gasteiger partial charge in [-0.05, 0) is 57.8 Å². The third kappa shape index (κ3) is 39.4. The maximum Gasteiger partial charge on any atom is 0.469 e. The smallest absolute Gasteiger partial charge is 0.462 e. The molecule has 4 N–H and O–H groups in total. The molecule has 3 atom stereocenters. The average molecular weight is 783 g/mol. The predicted octanol–water partition coefficient (Wildman–Crippen LogP) is 10.5. The van der Waals surface area contributed by atoms with Gasteiger partial charge >= 0.3 is 19.8 Å². The minimum atomic E-state index is -4.81. The van der Waals surface area contributed by atoms with Gasteiger partial charge in [0.05, 0.1) is 18.8 Å². The number of hydrogen-bond donors (Lipinski definition) is 4. The second-order valence-electron chi connectivity index (χ2n) is 14.0. The molecule has 0 fully saturated rings. The van der Waals surface area contributed by atoms with E-state index in [2.05, 4.69) is 30.5 Å². The summed E-state index contributed by atoms with van der Waals surface area (Å²) < 4.78 is 26.2. The van der Waals surface area contributed by atoms with Gasteiger partial charge in [0.2, 0.25) is 0 Å². The zero-order chi connectivity index (χ0) is 40.0. The Morgan fingerprint density at radius 3 is 1.61 bits per heavy atom. The summed E-state index contributed by atoms with van der Waals surface area (Å²) in [6, 6.07) is 0. The molecule has 0 amide bonds. The van der Waals surface area contributed by atoms with Gasteiger partial charge < -0.3 is 29.5 Å². The molecule has 0 aromatic carbocycles. The van der Waals surface area contributed by atoms with E-state index >= 15 is 0 Å². The fraction of sp³-hybridized carbons (Fsp3) is 0.721. The Balaban J connectivity index is 4.17. The lowest BCUT2D eigenvalue weighted by Gasteiger charge is -2.18. The quantitative estimate of drug-likeness (QED) is 0.0157. The van der Waals surface area contributed by atoms with Crippen molar-refractivity contribution in [3.63, 3.8) is 0 Å². The molecule has 10 nitrogen and oxygen atoms in total. The molecule has 0 saturated heterocycles. The summed E-state index contributed by atoms with van der Waals surface area (Å²) in [7, 11) is -4.81. The first kappa shape index (κ1) is 51.7. The van der Waals surface area contributed by atoms with Crippen LogP contribution < -0.4 is 0 Å². The monoisotopic (exact) mass is 783 g/mol. The number of aliphatic hydroxyl groups is 2. The molecule has 11 heteroatoms. The Morgan fingerprint density at radius 2 is 1.06 bits per heavy atom. The van der Waals surface area contributed by atoms with Crippen LogP contribution in [0.25, 0.3) is 0 Å². The summed E-state index contributed by atoms with van der Waals surface area (Å²) in [5.41, 5.74) is 0. The zero-order valence-electron chi connectivity index (χ0n) is 33.6. The van der Waals surface area contributed by atoms with Gasteiger partial charge in [-0.25, -0.2) is 4.57 Å². The minimum absolute atomic E-state index is 0.0162. The molecular formula is C43H75O10P. The van der Waals surface area contributed by atoms with Crippen molar-refractivity contribution in [2.24, 2.45) is 0 Å². The zero-order valence-corrected chi connectivity index (χ0v) is 34.5. The fourth-order valence-corrected chi connectivity index (χ4v) is 5.88.